The fraction of sp³-hybridized carbons (Fsp3) is 0.184. The quantitative estimate of drug-likeness (QED) is 0.185. The van der Waals surface area contributed by atoms with Gasteiger partial charge in [-0.25, -0.2) is 15.0 Å². The largest absolute Gasteiger partial charge is 0.208 e. The fourth-order valence-electron chi connectivity index (χ4n) is 9.44. The minimum atomic E-state index is -0.275. The highest BCUT2D eigenvalue weighted by Gasteiger charge is 2.44. The monoisotopic (exact) mass is 682 g/mol. The van der Waals surface area contributed by atoms with Crippen molar-refractivity contribution in [2.45, 2.75) is 56.8 Å². The first-order valence-electron chi connectivity index (χ1n) is 18.8. The number of fused-ring (bicyclic) bond motifs is 8. The van der Waals surface area contributed by atoms with E-state index in [0.29, 0.717) is 23.0 Å². The molecule has 0 N–H and O–H groups in total. The Balaban J connectivity index is 1.13. The summed E-state index contributed by atoms with van der Waals surface area (Å²) in [5.41, 5.74) is 16.1. The zero-order valence-corrected chi connectivity index (χ0v) is 30.0. The van der Waals surface area contributed by atoms with Gasteiger partial charge in [-0.2, -0.15) is 5.26 Å². The second-order valence-electron chi connectivity index (χ2n) is 15.5. The minimum absolute atomic E-state index is 0.0398. The summed E-state index contributed by atoms with van der Waals surface area (Å²) in [7, 11) is 0. The van der Waals surface area contributed by atoms with Gasteiger partial charge in [-0.05, 0) is 92.7 Å². The smallest absolute Gasteiger partial charge is 0.164 e. The third kappa shape index (κ3) is 4.91. The van der Waals surface area contributed by atoms with Crippen LogP contribution in [0.4, 0.5) is 0 Å². The molecule has 1 heterocycles. The van der Waals surface area contributed by atoms with Crippen molar-refractivity contribution >= 4 is 0 Å². The van der Waals surface area contributed by atoms with Crippen LogP contribution < -0.4 is 0 Å². The Labute approximate surface area is 310 Å². The van der Waals surface area contributed by atoms with E-state index in [1.165, 1.54) is 82.2 Å². The van der Waals surface area contributed by atoms with Crippen LogP contribution in [-0.4, -0.2) is 15.0 Å². The van der Waals surface area contributed by atoms with Crippen molar-refractivity contribution in [3.05, 3.63) is 161 Å². The van der Waals surface area contributed by atoms with Crippen molar-refractivity contribution in [3.63, 3.8) is 0 Å². The van der Waals surface area contributed by atoms with Gasteiger partial charge in [0.1, 0.15) is 0 Å². The van der Waals surface area contributed by atoms with E-state index in [1.54, 1.807) is 0 Å². The lowest BCUT2D eigenvalue weighted by molar-refractivity contribution is 0.353. The second kappa shape index (κ2) is 11.9. The molecule has 10 rings (SSSR count). The van der Waals surface area contributed by atoms with Gasteiger partial charge in [-0.1, -0.05) is 142 Å². The summed E-state index contributed by atoms with van der Waals surface area (Å²) >= 11 is 0. The number of nitrogens with zero attached hydrogens (tertiary/aromatic N) is 4. The fourth-order valence-corrected chi connectivity index (χ4v) is 9.44. The van der Waals surface area contributed by atoms with E-state index in [2.05, 4.69) is 135 Å². The van der Waals surface area contributed by atoms with Gasteiger partial charge < -0.3 is 0 Å². The molecule has 3 aliphatic carbocycles. The lowest BCUT2D eigenvalue weighted by Gasteiger charge is -2.36. The van der Waals surface area contributed by atoms with Gasteiger partial charge in [0.05, 0.1) is 11.6 Å². The molecule has 53 heavy (non-hydrogen) atoms. The first kappa shape index (κ1) is 31.5. The van der Waals surface area contributed by atoms with Crippen molar-refractivity contribution in [2.75, 3.05) is 0 Å². The van der Waals surface area contributed by atoms with Crippen LogP contribution in [0.25, 0.3) is 67.5 Å². The third-order valence-electron chi connectivity index (χ3n) is 12.2. The molecule has 0 atom stereocenters. The zero-order valence-electron chi connectivity index (χ0n) is 30.0. The number of hydrogen-bond acceptors (Lipinski definition) is 4. The molecule has 0 aliphatic heterocycles. The van der Waals surface area contributed by atoms with Crippen molar-refractivity contribution in [1.29, 1.82) is 5.26 Å². The Morgan fingerprint density at radius 1 is 0.453 bits per heavy atom. The van der Waals surface area contributed by atoms with Crippen molar-refractivity contribution in [1.82, 2.24) is 15.0 Å². The molecule has 0 saturated heterocycles. The number of rotatable bonds is 4. The van der Waals surface area contributed by atoms with Crippen LogP contribution in [0.5, 0.6) is 0 Å². The normalized spacial score (nSPS) is 15.6. The first-order chi connectivity index (χ1) is 25.9. The number of nitriles is 1. The van der Waals surface area contributed by atoms with Crippen molar-refractivity contribution in [3.8, 4) is 73.6 Å². The SMILES string of the molecule is CC1(C)c2cc(C#N)ccc2-c2ccc(-c3nc(-c4ccc(-c5ccccc5)cc4)nc(-c4ccc5c(c4)C4(CCCCC4)c4ccccc4-5)n3)cc21. The van der Waals surface area contributed by atoms with Crippen LogP contribution in [-0.2, 0) is 10.8 Å². The molecular formula is C49H38N4. The molecule has 1 spiro atoms. The summed E-state index contributed by atoms with van der Waals surface area (Å²) in [5.74, 6) is 1.99. The summed E-state index contributed by atoms with van der Waals surface area (Å²) in [6, 6.07) is 49.9. The number of benzene rings is 6. The number of aromatic nitrogens is 3. The molecule has 3 aliphatic rings. The molecule has 4 heteroatoms. The van der Waals surface area contributed by atoms with Crippen LogP contribution >= 0.6 is 0 Å². The Morgan fingerprint density at radius 3 is 1.62 bits per heavy atom. The maximum Gasteiger partial charge on any atom is 0.164 e. The van der Waals surface area contributed by atoms with Gasteiger partial charge in [0.25, 0.3) is 0 Å². The van der Waals surface area contributed by atoms with Gasteiger partial charge in [0.15, 0.2) is 17.5 Å². The highest BCUT2D eigenvalue weighted by molar-refractivity contribution is 5.85. The lowest BCUT2D eigenvalue weighted by atomic mass is 9.67. The minimum Gasteiger partial charge on any atom is -0.208 e. The molecule has 0 unspecified atom stereocenters. The lowest BCUT2D eigenvalue weighted by Crippen LogP contribution is -2.28. The van der Waals surface area contributed by atoms with Crippen LogP contribution in [0.2, 0.25) is 0 Å². The number of hydrogen-bond donors (Lipinski definition) is 0. The Morgan fingerprint density at radius 2 is 0.943 bits per heavy atom. The highest BCUT2D eigenvalue weighted by atomic mass is 15.0. The van der Waals surface area contributed by atoms with Gasteiger partial charge in [0, 0.05) is 27.5 Å². The van der Waals surface area contributed by atoms with E-state index >= 15 is 0 Å². The standard InChI is InChI=1S/C49H38N4/c1-48(2)42-27-31(30-50)15-22-38(42)39-23-20-35(28-43(39)48)46-51-45(34-18-16-33(17-19-34)32-11-5-3-6-12-32)52-47(53-46)36-21-24-40-37-13-7-8-14-41(37)49(44(40)29-36)25-9-4-10-26-49/h3,5-8,11-24,27-29H,4,9-10,25-26H2,1-2H3. The van der Waals surface area contributed by atoms with E-state index in [4.69, 9.17) is 15.0 Å². The Bertz CT molecular complexity index is 2620. The Kier molecular flexibility index (Phi) is 7.10. The van der Waals surface area contributed by atoms with E-state index < -0.39 is 0 Å². The molecule has 1 aromatic heterocycles. The maximum absolute atomic E-state index is 9.66. The summed E-state index contributed by atoms with van der Waals surface area (Å²) in [5, 5.41) is 9.66. The molecule has 0 amide bonds. The molecule has 0 radical (unpaired) electrons. The summed E-state index contributed by atoms with van der Waals surface area (Å²) < 4.78 is 0. The van der Waals surface area contributed by atoms with Gasteiger partial charge in [-0.3, -0.25) is 0 Å². The average Bonchev–Trinajstić information content (AvgIpc) is 3.61. The molecule has 1 saturated carbocycles. The maximum atomic E-state index is 9.66. The van der Waals surface area contributed by atoms with Crippen LogP contribution in [0, 0.1) is 11.3 Å². The first-order valence-corrected chi connectivity index (χ1v) is 18.8. The summed E-state index contributed by atoms with van der Waals surface area (Å²) in [6.45, 7) is 4.48. The van der Waals surface area contributed by atoms with Gasteiger partial charge in [-0.15, -0.1) is 0 Å². The molecule has 254 valence electrons. The van der Waals surface area contributed by atoms with Gasteiger partial charge in [0.2, 0.25) is 0 Å². The van der Waals surface area contributed by atoms with Crippen LogP contribution in [0.15, 0.2) is 133 Å². The predicted molar refractivity (Wildman–Crippen MR) is 213 cm³/mol. The molecule has 7 aromatic rings. The van der Waals surface area contributed by atoms with Crippen molar-refractivity contribution < 1.29 is 0 Å². The molecular weight excluding hydrogens is 645 g/mol. The predicted octanol–water partition coefficient (Wildman–Crippen LogP) is 11.9. The Hall–Kier alpha value is -6.18. The van der Waals surface area contributed by atoms with Crippen LogP contribution in [0.3, 0.4) is 0 Å². The molecule has 1 fully saturated rings. The van der Waals surface area contributed by atoms with Crippen molar-refractivity contribution in [2.24, 2.45) is 0 Å². The molecule has 6 aromatic carbocycles. The van der Waals surface area contributed by atoms with Gasteiger partial charge >= 0.3 is 0 Å². The highest BCUT2D eigenvalue weighted by Crippen LogP contribution is 2.56. The average molecular weight is 683 g/mol. The second-order valence-corrected chi connectivity index (χ2v) is 15.5. The molecule has 4 nitrogen and oxygen atoms in total. The summed E-state index contributed by atoms with van der Waals surface area (Å²) in [4.78, 5) is 15.6. The van der Waals surface area contributed by atoms with E-state index in [9.17, 15) is 5.26 Å². The van der Waals surface area contributed by atoms with Crippen LogP contribution in [0.1, 0.15) is 73.8 Å². The van der Waals surface area contributed by atoms with E-state index in [1.807, 2.05) is 18.2 Å². The third-order valence-corrected chi connectivity index (χ3v) is 12.2. The summed E-state index contributed by atoms with van der Waals surface area (Å²) in [6.07, 6.45) is 6.13. The zero-order chi connectivity index (χ0) is 35.7. The molecule has 0 bridgehead atoms. The topological polar surface area (TPSA) is 62.5 Å². The van der Waals surface area contributed by atoms with E-state index in [0.717, 1.165) is 22.3 Å². The van der Waals surface area contributed by atoms with E-state index in [-0.39, 0.29) is 10.8 Å².